The van der Waals surface area contributed by atoms with E-state index in [1.807, 2.05) is 31.2 Å². The van der Waals surface area contributed by atoms with Crippen LogP contribution in [0.25, 0.3) is 0 Å². The molecule has 0 amide bonds. The Kier molecular flexibility index (Phi) is 4.17. The zero-order valence-electron chi connectivity index (χ0n) is 9.15. The van der Waals surface area contributed by atoms with Gasteiger partial charge in [0, 0.05) is 17.5 Å². The molecular formula is C12H10ClIN2O. The van der Waals surface area contributed by atoms with Crippen molar-refractivity contribution >= 4 is 34.2 Å². The minimum atomic E-state index is 0.348. The van der Waals surface area contributed by atoms with E-state index < -0.39 is 0 Å². The molecule has 1 aromatic carbocycles. The first-order chi connectivity index (χ1) is 8.20. The molecule has 0 N–H and O–H groups in total. The summed E-state index contributed by atoms with van der Waals surface area (Å²) in [4.78, 5) is 8.38. The van der Waals surface area contributed by atoms with Crippen LogP contribution in [0.3, 0.4) is 0 Å². The molecule has 5 heteroatoms. The van der Waals surface area contributed by atoms with Gasteiger partial charge in [-0.25, -0.2) is 4.98 Å². The van der Waals surface area contributed by atoms with E-state index in [4.69, 9.17) is 16.3 Å². The van der Waals surface area contributed by atoms with Gasteiger partial charge in [0.15, 0.2) is 0 Å². The maximum atomic E-state index is 5.75. The summed E-state index contributed by atoms with van der Waals surface area (Å²) in [6.45, 7) is 1.89. The molecule has 17 heavy (non-hydrogen) atoms. The summed E-state index contributed by atoms with van der Waals surface area (Å²) in [5, 5.41) is 0. The van der Waals surface area contributed by atoms with Crippen molar-refractivity contribution in [2.24, 2.45) is 0 Å². The van der Waals surface area contributed by atoms with Crippen LogP contribution in [0.4, 0.5) is 0 Å². The Morgan fingerprint density at radius 3 is 2.76 bits per heavy atom. The van der Waals surface area contributed by atoms with Crippen molar-refractivity contribution in [3.8, 4) is 11.8 Å². The second kappa shape index (κ2) is 5.64. The van der Waals surface area contributed by atoms with Gasteiger partial charge in [-0.05, 0) is 41.6 Å². The van der Waals surface area contributed by atoms with Gasteiger partial charge in [0.1, 0.15) is 5.75 Å². The van der Waals surface area contributed by atoms with Gasteiger partial charge in [-0.15, -0.1) is 11.6 Å². The zero-order chi connectivity index (χ0) is 12.3. The fraction of sp³-hybridized carbons (Fsp3) is 0.167. The number of alkyl halides is 1. The number of ether oxygens (including phenoxy) is 1. The van der Waals surface area contributed by atoms with E-state index >= 15 is 0 Å². The Bertz CT molecular complexity index is 534. The summed E-state index contributed by atoms with van der Waals surface area (Å²) in [7, 11) is 0. The van der Waals surface area contributed by atoms with Crippen molar-refractivity contribution in [3.05, 3.63) is 45.3 Å². The summed E-state index contributed by atoms with van der Waals surface area (Å²) >= 11 is 7.96. The number of nitrogens with zero attached hydrogens (tertiary/aromatic N) is 2. The second-order valence-corrected chi connectivity index (χ2v) is 4.86. The summed E-state index contributed by atoms with van der Waals surface area (Å²) in [5.74, 6) is 1.17. The molecule has 3 nitrogen and oxygen atoms in total. The number of halogens is 2. The number of para-hydroxylation sites is 1. The Morgan fingerprint density at radius 2 is 2.12 bits per heavy atom. The molecule has 0 fully saturated rings. The lowest BCUT2D eigenvalue weighted by molar-refractivity contribution is 0.437. The SMILES string of the molecule is Cc1nc(Oc2ccccc2I)ncc1CCl. The van der Waals surface area contributed by atoms with Gasteiger partial charge in [0.25, 0.3) is 0 Å². The molecule has 0 saturated carbocycles. The van der Waals surface area contributed by atoms with Gasteiger partial charge in [0.05, 0.1) is 9.45 Å². The fourth-order valence-electron chi connectivity index (χ4n) is 1.28. The molecule has 0 spiro atoms. The van der Waals surface area contributed by atoms with Gasteiger partial charge >= 0.3 is 6.01 Å². The predicted octanol–water partition coefficient (Wildman–Crippen LogP) is 3.92. The van der Waals surface area contributed by atoms with Gasteiger partial charge in [-0.1, -0.05) is 12.1 Å². The molecule has 88 valence electrons. The van der Waals surface area contributed by atoms with Crippen LogP contribution in [0.2, 0.25) is 0 Å². The van der Waals surface area contributed by atoms with Crippen LogP contribution in [0, 0.1) is 10.5 Å². The topological polar surface area (TPSA) is 35.0 Å². The Hall–Kier alpha value is -0.880. The van der Waals surface area contributed by atoms with Crippen LogP contribution < -0.4 is 4.74 Å². The first-order valence-electron chi connectivity index (χ1n) is 5.01. The van der Waals surface area contributed by atoms with Crippen molar-refractivity contribution in [2.45, 2.75) is 12.8 Å². The highest BCUT2D eigenvalue weighted by Crippen LogP contribution is 2.24. The molecular weight excluding hydrogens is 351 g/mol. The van der Waals surface area contributed by atoms with Gasteiger partial charge in [-0.2, -0.15) is 4.98 Å². The summed E-state index contributed by atoms with van der Waals surface area (Å²) in [5.41, 5.74) is 1.76. The summed E-state index contributed by atoms with van der Waals surface area (Å²) in [6, 6.07) is 8.07. The highest BCUT2D eigenvalue weighted by atomic mass is 127. The smallest absolute Gasteiger partial charge is 0.322 e. The highest BCUT2D eigenvalue weighted by Gasteiger charge is 2.06. The number of hydrogen-bond donors (Lipinski definition) is 0. The molecule has 1 heterocycles. The number of rotatable bonds is 3. The summed E-state index contributed by atoms with van der Waals surface area (Å²) in [6.07, 6.45) is 1.69. The number of aromatic nitrogens is 2. The highest BCUT2D eigenvalue weighted by molar-refractivity contribution is 14.1. The molecule has 0 radical (unpaired) electrons. The van der Waals surface area contributed by atoms with Crippen molar-refractivity contribution in [1.82, 2.24) is 9.97 Å². The van der Waals surface area contributed by atoms with Crippen LogP contribution in [-0.2, 0) is 5.88 Å². The molecule has 0 atom stereocenters. The summed E-state index contributed by atoms with van der Waals surface area (Å²) < 4.78 is 6.64. The number of aryl methyl sites for hydroxylation is 1. The van der Waals surface area contributed by atoms with E-state index in [9.17, 15) is 0 Å². The van der Waals surface area contributed by atoms with E-state index in [0.717, 1.165) is 20.6 Å². The van der Waals surface area contributed by atoms with Crippen LogP contribution >= 0.6 is 34.2 Å². The lowest BCUT2D eigenvalue weighted by Crippen LogP contribution is -1.97. The van der Waals surface area contributed by atoms with Crippen LogP contribution in [-0.4, -0.2) is 9.97 Å². The van der Waals surface area contributed by atoms with E-state index in [2.05, 4.69) is 32.6 Å². The van der Waals surface area contributed by atoms with Gasteiger partial charge in [0.2, 0.25) is 0 Å². The van der Waals surface area contributed by atoms with Crippen LogP contribution in [0.1, 0.15) is 11.3 Å². The van der Waals surface area contributed by atoms with E-state index in [1.54, 1.807) is 6.20 Å². The first kappa shape index (κ1) is 12.6. The standard InChI is InChI=1S/C12H10ClIN2O/c1-8-9(6-13)7-15-12(16-8)17-11-5-3-2-4-10(11)14/h2-5,7H,6H2,1H3. The Morgan fingerprint density at radius 1 is 1.35 bits per heavy atom. The van der Waals surface area contributed by atoms with Crippen LogP contribution in [0.15, 0.2) is 30.5 Å². The third-order valence-corrected chi connectivity index (χ3v) is 3.42. The maximum absolute atomic E-state index is 5.75. The average Bonchev–Trinajstić information content (AvgIpc) is 2.32. The molecule has 0 bridgehead atoms. The third-order valence-electron chi connectivity index (χ3n) is 2.24. The van der Waals surface area contributed by atoms with Crippen LogP contribution in [0.5, 0.6) is 11.8 Å². The largest absolute Gasteiger partial charge is 0.423 e. The van der Waals surface area contributed by atoms with E-state index in [0.29, 0.717) is 11.9 Å². The number of benzene rings is 1. The number of hydrogen-bond acceptors (Lipinski definition) is 3. The fourth-order valence-corrected chi connectivity index (χ4v) is 2.04. The van der Waals surface area contributed by atoms with Crippen molar-refractivity contribution in [2.75, 3.05) is 0 Å². The Labute approximate surface area is 118 Å². The molecule has 0 aliphatic heterocycles. The van der Waals surface area contributed by atoms with E-state index in [-0.39, 0.29) is 0 Å². The van der Waals surface area contributed by atoms with Crippen molar-refractivity contribution in [3.63, 3.8) is 0 Å². The average molecular weight is 361 g/mol. The molecule has 0 aliphatic rings. The monoisotopic (exact) mass is 360 g/mol. The lowest BCUT2D eigenvalue weighted by Gasteiger charge is -2.07. The predicted molar refractivity (Wildman–Crippen MR) is 75.6 cm³/mol. The Balaban J connectivity index is 2.25. The van der Waals surface area contributed by atoms with Crippen molar-refractivity contribution < 1.29 is 4.74 Å². The minimum Gasteiger partial charge on any atom is -0.423 e. The molecule has 0 unspecified atom stereocenters. The molecule has 2 rings (SSSR count). The molecule has 1 aromatic heterocycles. The third kappa shape index (κ3) is 3.07. The van der Waals surface area contributed by atoms with Crippen molar-refractivity contribution in [1.29, 1.82) is 0 Å². The molecule has 0 aliphatic carbocycles. The van der Waals surface area contributed by atoms with Gasteiger partial charge in [-0.3, -0.25) is 0 Å². The van der Waals surface area contributed by atoms with Gasteiger partial charge < -0.3 is 4.74 Å². The first-order valence-corrected chi connectivity index (χ1v) is 6.63. The quantitative estimate of drug-likeness (QED) is 0.615. The lowest BCUT2D eigenvalue weighted by atomic mass is 10.3. The second-order valence-electron chi connectivity index (χ2n) is 3.43. The zero-order valence-corrected chi connectivity index (χ0v) is 12.1. The minimum absolute atomic E-state index is 0.348. The molecule has 2 aromatic rings. The molecule has 0 saturated heterocycles. The van der Waals surface area contributed by atoms with E-state index in [1.165, 1.54) is 0 Å². The normalized spacial score (nSPS) is 10.3. The maximum Gasteiger partial charge on any atom is 0.322 e.